The minimum absolute atomic E-state index is 0.627. The Hall–Kier alpha value is -1.95. The van der Waals surface area contributed by atoms with Gasteiger partial charge in [-0.2, -0.15) is 0 Å². The van der Waals surface area contributed by atoms with Crippen molar-refractivity contribution in [3.8, 4) is 0 Å². The molecule has 2 saturated heterocycles. The van der Waals surface area contributed by atoms with Crippen molar-refractivity contribution in [2.45, 2.75) is 25.3 Å². The number of anilines is 1. The Bertz CT molecular complexity index is 529. The Labute approximate surface area is 124 Å². The normalized spacial score (nSPS) is 23.2. The van der Waals surface area contributed by atoms with Crippen molar-refractivity contribution in [2.24, 2.45) is 0 Å². The SMILES string of the molecule is O=C(O)/C=C/c1cnc(N2CCCN3CCCC3C2)nc1. The van der Waals surface area contributed by atoms with Crippen LogP contribution in [0.4, 0.5) is 5.95 Å². The van der Waals surface area contributed by atoms with Crippen LogP contribution in [0.5, 0.6) is 0 Å². The summed E-state index contributed by atoms with van der Waals surface area (Å²) in [5.41, 5.74) is 0.707. The van der Waals surface area contributed by atoms with Crippen LogP contribution >= 0.6 is 0 Å². The van der Waals surface area contributed by atoms with Crippen LogP contribution in [-0.4, -0.2) is 58.2 Å². The van der Waals surface area contributed by atoms with Gasteiger partial charge < -0.3 is 10.0 Å². The fraction of sp³-hybridized carbons (Fsp3) is 0.533. The fourth-order valence-corrected chi connectivity index (χ4v) is 3.14. The molecule has 21 heavy (non-hydrogen) atoms. The van der Waals surface area contributed by atoms with E-state index in [2.05, 4.69) is 19.8 Å². The predicted octanol–water partition coefficient (Wildman–Crippen LogP) is 1.25. The van der Waals surface area contributed by atoms with Gasteiger partial charge in [-0.05, 0) is 31.9 Å². The van der Waals surface area contributed by atoms with Crippen molar-refractivity contribution in [3.63, 3.8) is 0 Å². The second-order valence-electron chi connectivity index (χ2n) is 5.62. The molecule has 0 spiro atoms. The number of rotatable bonds is 3. The van der Waals surface area contributed by atoms with Crippen molar-refractivity contribution in [2.75, 3.05) is 31.1 Å². The molecule has 2 aliphatic rings. The van der Waals surface area contributed by atoms with Crippen molar-refractivity contribution in [1.82, 2.24) is 14.9 Å². The minimum atomic E-state index is -0.965. The summed E-state index contributed by atoms with van der Waals surface area (Å²) >= 11 is 0. The van der Waals surface area contributed by atoms with E-state index in [1.54, 1.807) is 12.4 Å². The van der Waals surface area contributed by atoms with Crippen molar-refractivity contribution >= 4 is 18.0 Å². The molecule has 0 saturated carbocycles. The molecule has 0 aliphatic carbocycles. The summed E-state index contributed by atoms with van der Waals surface area (Å²) < 4.78 is 0. The Morgan fingerprint density at radius 2 is 2.00 bits per heavy atom. The maximum atomic E-state index is 10.5. The van der Waals surface area contributed by atoms with E-state index < -0.39 is 5.97 Å². The van der Waals surface area contributed by atoms with E-state index in [1.807, 2.05) is 0 Å². The van der Waals surface area contributed by atoms with E-state index in [-0.39, 0.29) is 0 Å². The zero-order chi connectivity index (χ0) is 14.7. The Morgan fingerprint density at radius 1 is 1.24 bits per heavy atom. The monoisotopic (exact) mass is 288 g/mol. The van der Waals surface area contributed by atoms with Crippen molar-refractivity contribution in [3.05, 3.63) is 24.0 Å². The van der Waals surface area contributed by atoms with Crippen LogP contribution in [0.15, 0.2) is 18.5 Å². The van der Waals surface area contributed by atoms with Gasteiger partial charge in [-0.3, -0.25) is 4.90 Å². The second-order valence-corrected chi connectivity index (χ2v) is 5.62. The number of carboxylic acid groups (broad SMARTS) is 1. The zero-order valence-electron chi connectivity index (χ0n) is 12.0. The second kappa shape index (κ2) is 6.22. The highest BCUT2D eigenvalue weighted by Gasteiger charge is 2.29. The number of hydrogen-bond donors (Lipinski definition) is 1. The molecule has 1 N–H and O–H groups in total. The first-order valence-corrected chi connectivity index (χ1v) is 7.44. The molecule has 1 aromatic heterocycles. The van der Waals surface area contributed by atoms with Gasteiger partial charge in [0.25, 0.3) is 0 Å². The summed E-state index contributed by atoms with van der Waals surface area (Å²) in [6.45, 7) is 4.36. The number of carbonyl (C=O) groups is 1. The lowest BCUT2D eigenvalue weighted by Gasteiger charge is -2.25. The molecule has 0 aromatic carbocycles. The number of hydrogen-bond acceptors (Lipinski definition) is 5. The highest BCUT2D eigenvalue weighted by atomic mass is 16.4. The Morgan fingerprint density at radius 3 is 2.76 bits per heavy atom. The highest BCUT2D eigenvalue weighted by molar-refractivity contribution is 5.85. The molecule has 0 radical (unpaired) electrons. The maximum absolute atomic E-state index is 10.5. The van der Waals surface area contributed by atoms with Gasteiger partial charge in [0, 0.05) is 49.7 Å². The third-order valence-electron chi connectivity index (χ3n) is 4.16. The summed E-state index contributed by atoms with van der Waals surface area (Å²) in [4.78, 5) is 24.1. The van der Waals surface area contributed by atoms with Crippen LogP contribution in [0.3, 0.4) is 0 Å². The van der Waals surface area contributed by atoms with E-state index in [1.165, 1.54) is 32.0 Å². The van der Waals surface area contributed by atoms with Crippen LogP contribution in [-0.2, 0) is 4.79 Å². The molecule has 3 heterocycles. The summed E-state index contributed by atoms with van der Waals surface area (Å²) in [5, 5.41) is 8.61. The number of aromatic nitrogens is 2. The summed E-state index contributed by atoms with van der Waals surface area (Å²) in [7, 11) is 0. The molecule has 6 nitrogen and oxygen atoms in total. The zero-order valence-corrected chi connectivity index (χ0v) is 12.0. The van der Waals surface area contributed by atoms with Crippen molar-refractivity contribution < 1.29 is 9.90 Å². The summed E-state index contributed by atoms with van der Waals surface area (Å²) in [6, 6.07) is 0.627. The number of nitrogens with zero attached hydrogens (tertiary/aromatic N) is 4. The summed E-state index contributed by atoms with van der Waals surface area (Å²) in [6.07, 6.45) is 9.65. The van der Waals surface area contributed by atoms with Gasteiger partial charge >= 0.3 is 5.97 Å². The van der Waals surface area contributed by atoms with Gasteiger partial charge in [0.15, 0.2) is 0 Å². The van der Waals surface area contributed by atoms with Gasteiger partial charge in [-0.25, -0.2) is 14.8 Å². The number of aliphatic carboxylic acids is 1. The predicted molar refractivity (Wildman–Crippen MR) is 80.1 cm³/mol. The average Bonchev–Trinajstić information content (AvgIpc) is 2.83. The first-order chi connectivity index (χ1) is 10.2. The van der Waals surface area contributed by atoms with Crippen LogP contribution in [0, 0.1) is 0 Å². The molecule has 1 atom stereocenters. The smallest absolute Gasteiger partial charge is 0.328 e. The highest BCUT2D eigenvalue weighted by Crippen LogP contribution is 2.23. The molecule has 1 aromatic rings. The third kappa shape index (κ3) is 3.39. The molecular weight excluding hydrogens is 268 g/mol. The molecule has 2 fully saturated rings. The topological polar surface area (TPSA) is 69.6 Å². The van der Waals surface area contributed by atoms with E-state index in [0.29, 0.717) is 11.6 Å². The first-order valence-electron chi connectivity index (χ1n) is 7.44. The molecule has 112 valence electrons. The quantitative estimate of drug-likeness (QED) is 0.844. The lowest BCUT2D eigenvalue weighted by atomic mass is 10.2. The Kier molecular flexibility index (Phi) is 4.15. The number of carboxylic acids is 1. The molecular formula is C15H20N4O2. The van der Waals surface area contributed by atoms with Gasteiger partial charge in [0.05, 0.1) is 0 Å². The average molecular weight is 288 g/mol. The summed E-state index contributed by atoms with van der Waals surface area (Å²) in [5.74, 6) is -0.218. The van der Waals surface area contributed by atoms with Gasteiger partial charge in [0.1, 0.15) is 0 Å². The number of fused-ring (bicyclic) bond motifs is 1. The minimum Gasteiger partial charge on any atom is -0.478 e. The molecule has 1 unspecified atom stereocenters. The lowest BCUT2D eigenvalue weighted by Crippen LogP contribution is -2.37. The van der Waals surface area contributed by atoms with Crippen LogP contribution in [0.25, 0.3) is 6.08 Å². The van der Waals surface area contributed by atoms with E-state index in [4.69, 9.17) is 5.11 Å². The van der Waals surface area contributed by atoms with E-state index in [0.717, 1.165) is 31.5 Å². The van der Waals surface area contributed by atoms with Crippen molar-refractivity contribution in [1.29, 1.82) is 0 Å². The van der Waals surface area contributed by atoms with E-state index >= 15 is 0 Å². The van der Waals surface area contributed by atoms with Crippen LogP contribution in [0.2, 0.25) is 0 Å². The standard InChI is InChI=1S/C15H20N4O2/c20-14(21)5-4-12-9-16-15(17-10-12)19-8-2-7-18-6-1-3-13(18)11-19/h4-5,9-10,13H,1-3,6-8,11H2,(H,20,21)/b5-4+. The van der Waals surface area contributed by atoms with Gasteiger partial charge in [0.2, 0.25) is 5.95 Å². The molecule has 2 aliphatic heterocycles. The molecule has 0 amide bonds. The van der Waals surface area contributed by atoms with E-state index in [9.17, 15) is 4.79 Å². The van der Waals surface area contributed by atoms with Gasteiger partial charge in [-0.15, -0.1) is 0 Å². The lowest BCUT2D eigenvalue weighted by molar-refractivity contribution is -0.131. The third-order valence-corrected chi connectivity index (χ3v) is 4.16. The fourth-order valence-electron chi connectivity index (χ4n) is 3.14. The maximum Gasteiger partial charge on any atom is 0.328 e. The Balaban J connectivity index is 1.69. The van der Waals surface area contributed by atoms with Crippen LogP contribution in [0.1, 0.15) is 24.8 Å². The van der Waals surface area contributed by atoms with Gasteiger partial charge in [-0.1, -0.05) is 0 Å². The molecule has 6 heteroatoms. The first kappa shape index (κ1) is 14.0. The van der Waals surface area contributed by atoms with Crippen LogP contribution < -0.4 is 4.90 Å². The molecule has 3 rings (SSSR count). The largest absolute Gasteiger partial charge is 0.478 e. The molecule has 0 bridgehead atoms.